The molecule has 1 fully saturated rings. The Bertz CT molecular complexity index is 558. The van der Waals surface area contributed by atoms with Crippen molar-refractivity contribution in [1.82, 2.24) is 0 Å². The van der Waals surface area contributed by atoms with Crippen LogP contribution in [-0.4, -0.2) is 31.2 Å². The molecule has 0 N–H and O–H groups in total. The van der Waals surface area contributed by atoms with Gasteiger partial charge in [-0.05, 0) is 44.7 Å². The van der Waals surface area contributed by atoms with E-state index in [2.05, 4.69) is 6.92 Å². The van der Waals surface area contributed by atoms with Crippen LogP contribution in [0, 0.1) is 5.82 Å². The molecule has 4 nitrogen and oxygen atoms in total. The molecule has 2 atom stereocenters. The Labute approximate surface area is 136 Å². The van der Waals surface area contributed by atoms with Gasteiger partial charge in [0, 0.05) is 6.07 Å². The maximum Gasteiger partial charge on any atom is 0.168 e. The van der Waals surface area contributed by atoms with Crippen molar-refractivity contribution in [2.45, 2.75) is 64.4 Å². The maximum absolute atomic E-state index is 14.2. The second kappa shape index (κ2) is 6.65. The fraction of sp³-hybridized carbons (Fsp3) is 0.667. The molecule has 23 heavy (non-hydrogen) atoms. The number of ether oxygens (including phenoxy) is 4. The van der Waals surface area contributed by atoms with Crippen LogP contribution in [0.2, 0.25) is 0 Å². The third-order valence-corrected chi connectivity index (χ3v) is 4.29. The average molecular weight is 324 g/mol. The highest BCUT2D eigenvalue weighted by molar-refractivity contribution is 5.43. The molecule has 0 spiro atoms. The first kappa shape index (κ1) is 16.5. The van der Waals surface area contributed by atoms with Crippen LogP contribution in [-0.2, 0) is 15.9 Å². The summed E-state index contributed by atoms with van der Waals surface area (Å²) in [7, 11) is 0. The van der Waals surface area contributed by atoms with Crippen LogP contribution >= 0.6 is 0 Å². The lowest BCUT2D eigenvalue weighted by Gasteiger charge is -2.30. The number of rotatable bonds is 5. The SMILES string of the molecule is CCCCOc1cc2c(cc1F)O[C@@H]([C@@H]1COC(C)(C)O1)CC2. The molecule has 128 valence electrons. The molecule has 1 aromatic carbocycles. The van der Waals surface area contributed by atoms with E-state index in [0.717, 1.165) is 31.2 Å². The summed E-state index contributed by atoms with van der Waals surface area (Å²) in [6.07, 6.45) is 3.39. The molecule has 0 aromatic heterocycles. The predicted molar refractivity (Wildman–Crippen MR) is 84.4 cm³/mol. The van der Waals surface area contributed by atoms with Crippen molar-refractivity contribution >= 4 is 0 Å². The van der Waals surface area contributed by atoms with Crippen molar-refractivity contribution in [3.05, 3.63) is 23.5 Å². The summed E-state index contributed by atoms with van der Waals surface area (Å²) in [5, 5.41) is 0. The Hall–Kier alpha value is -1.33. The molecule has 1 aromatic rings. The van der Waals surface area contributed by atoms with Gasteiger partial charge in [-0.1, -0.05) is 13.3 Å². The van der Waals surface area contributed by atoms with E-state index in [1.54, 1.807) is 6.07 Å². The van der Waals surface area contributed by atoms with Gasteiger partial charge in [-0.2, -0.15) is 0 Å². The Morgan fingerprint density at radius 2 is 2.13 bits per heavy atom. The van der Waals surface area contributed by atoms with E-state index in [-0.39, 0.29) is 18.0 Å². The van der Waals surface area contributed by atoms with Crippen molar-refractivity contribution in [2.24, 2.45) is 0 Å². The highest BCUT2D eigenvalue weighted by Crippen LogP contribution is 2.36. The molecule has 2 heterocycles. The minimum atomic E-state index is -0.573. The smallest absolute Gasteiger partial charge is 0.168 e. The topological polar surface area (TPSA) is 36.9 Å². The Morgan fingerprint density at radius 1 is 1.30 bits per heavy atom. The molecule has 0 aliphatic carbocycles. The highest BCUT2D eigenvalue weighted by Gasteiger charge is 2.39. The van der Waals surface area contributed by atoms with E-state index < -0.39 is 5.79 Å². The van der Waals surface area contributed by atoms with Crippen LogP contribution in [0.3, 0.4) is 0 Å². The molecule has 5 heteroatoms. The number of aryl methyl sites for hydroxylation is 1. The van der Waals surface area contributed by atoms with E-state index in [9.17, 15) is 4.39 Å². The molecule has 0 radical (unpaired) electrons. The number of benzene rings is 1. The third-order valence-electron chi connectivity index (χ3n) is 4.29. The summed E-state index contributed by atoms with van der Waals surface area (Å²) in [6.45, 7) is 6.91. The van der Waals surface area contributed by atoms with E-state index >= 15 is 0 Å². The Kier molecular flexibility index (Phi) is 4.78. The van der Waals surface area contributed by atoms with Gasteiger partial charge in [0.15, 0.2) is 17.4 Å². The largest absolute Gasteiger partial charge is 0.491 e. The lowest BCUT2D eigenvalue weighted by molar-refractivity contribution is -0.149. The summed E-state index contributed by atoms with van der Waals surface area (Å²) in [5.74, 6) is -0.0311. The quantitative estimate of drug-likeness (QED) is 0.771. The van der Waals surface area contributed by atoms with Gasteiger partial charge >= 0.3 is 0 Å². The van der Waals surface area contributed by atoms with Crippen molar-refractivity contribution in [3.63, 3.8) is 0 Å². The summed E-state index contributed by atoms with van der Waals surface area (Å²) in [5.41, 5.74) is 0.993. The average Bonchev–Trinajstić information content (AvgIpc) is 2.87. The van der Waals surface area contributed by atoms with Crippen molar-refractivity contribution in [2.75, 3.05) is 13.2 Å². The number of hydrogen-bond acceptors (Lipinski definition) is 4. The molecule has 1 saturated heterocycles. The summed E-state index contributed by atoms with van der Waals surface area (Å²) in [6, 6.07) is 3.20. The second-order valence-electron chi connectivity index (χ2n) is 6.65. The van der Waals surface area contributed by atoms with Gasteiger partial charge in [0.25, 0.3) is 0 Å². The lowest BCUT2D eigenvalue weighted by Crippen LogP contribution is -2.37. The monoisotopic (exact) mass is 324 g/mol. The van der Waals surface area contributed by atoms with E-state index in [4.69, 9.17) is 18.9 Å². The molecule has 3 rings (SSSR count). The standard InChI is InChI=1S/C18H25FO4/c1-4-5-8-20-16-9-12-6-7-14(22-15(12)10-13(16)19)17-11-21-18(2,3)23-17/h9-10,14,17H,4-8,11H2,1-3H3/t14-,17+/m1/s1. The molecule has 0 bridgehead atoms. The normalized spacial score (nSPS) is 25.7. The van der Waals surface area contributed by atoms with Crippen LogP contribution in [0.1, 0.15) is 45.6 Å². The van der Waals surface area contributed by atoms with Gasteiger partial charge < -0.3 is 18.9 Å². The van der Waals surface area contributed by atoms with E-state index in [1.165, 1.54) is 6.07 Å². The van der Waals surface area contributed by atoms with Crippen molar-refractivity contribution < 1.29 is 23.3 Å². The van der Waals surface area contributed by atoms with Crippen LogP contribution in [0.5, 0.6) is 11.5 Å². The van der Waals surface area contributed by atoms with Crippen LogP contribution in [0.25, 0.3) is 0 Å². The van der Waals surface area contributed by atoms with Gasteiger partial charge in [-0.15, -0.1) is 0 Å². The minimum Gasteiger partial charge on any atom is -0.491 e. The van der Waals surface area contributed by atoms with Crippen LogP contribution in [0.4, 0.5) is 4.39 Å². The first-order valence-electron chi connectivity index (χ1n) is 8.42. The van der Waals surface area contributed by atoms with Gasteiger partial charge in [-0.3, -0.25) is 0 Å². The number of fused-ring (bicyclic) bond motifs is 1. The third kappa shape index (κ3) is 3.78. The maximum atomic E-state index is 14.2. The van der Waals surface area contributed by atoms with Crippen LogP contribution in [0.15, 0.2) is 12.1 Å². The molecule has 0 saturated carbocycles. The summed E-state index contributed by atoms with van der Waals surface area (Å²) < 4.78 is 37.1. The molecule has 0 unspecified atom stereocenters. The van der Waals surface area contributed by atoms with Gasteiger partial charge in [0.2, 0.25) is 0 Å². The summed E-state index contributed by atoms with van der Waals surface area (Å²) >= 11 is 0. The Morgan fingerprint density at radius 3 is 2.83 bits per heavy atom. The van der Waals surface area contributed by atoms with Crippen LogP contribution < -0.4 is 9.47 Å². The number of halogens is 1. The fourth-order valence-corrected chi connectivity index (χ4v) is 3.00. The molecule has 2 aliphatic heterocycles. The molecule has 0 amide bonds. The summed E-state index contributed by atoms with van der Waals surface area (Å²) in [4.78, 5) is 0. The Balaban J connectivity index is 1.68. The highest BCUT2D eigenvalue weighted by atomic mass is 19.1. The number of unbranched alkanes of at least 4 members (excludes halogenated alkanes) is 1. The lowest BCUT2D eigenvalue weighted by atomic mass is 9.99. The number of hydrogen-bond donors (Lipinski definition) is 0. The zero-order valence-corrected chi connectivity index (χ0v) is 14.1. The van der Waals surface area contributed by atoms with Crippen molar-refractivity contribution in [3.8, 4) is 11.5 Å². The van der Waals surface area contributed by atoms with Crippen molar-refractivity contribution in [1.29, 1.82) is 0 Å². The van der Waals surface area contributed by atoms with E-state index in [0.29, 0.717) is 24.7 Å². The molecule has 2 aliphatic rings. The zero-order chi connectivity index (χ0) is 16.4. The molecular formula is C18H25FO4. The zero-order valence-electron chi connectivity index (χ0n) is 14.1. The fourth-order valence-electron chi connectivity index (χ4n) is 3.00. The molecular weight excluding hydrogens is 299 g/mol. The predicted octanol–water partition coefficient (Wildman–Crippen LogP) is 3.85. The van der Waals surface area contributed by atoms with Gasteiger partial charge in [-0.25, -0.2) is 4.39 Å². The first-order chi connectivity index (χ1) is 11.0. The second-order valence-corrected chi connectivity index (χ2v) is 6.65. The van der Waals surface area contributed by atoms with Gasteiger partial charge in [0.1, 0.15) is 18.0 Å². The van der Waals surface area contributed by atoms with E-state index in [1.807, 2.05) is 13.8 Å². The first-order valence-corrected chi connectivity index (χ1v) is 8.42. The minimum absolute atomic E-state index is 0.101. The van der Waals surface area contributed by atoms with Gasteiger partial charge in [0.05, 0.1) is 13.2 Å².